The van der Waals surface area contributed by atoms with Gasteiger partial charge in [-0.05, 0) is 66.6 Å². The van der Waals surface area contributed by atoms with Crippen molar-refractivity contribution in [3.05, 3.63) is 47.4 Å². The minimum atomic E-state index is -2.97. The predicted molar refractivity (Wildman–Crippen MR) is 180 cm³/mol. The number of carbonyl (C=O) groups excluding carboxylic acids is 1. The number of halogens is 4. The third kappa shape index (κ3) is 10.1. The highest BCUT2D eigenvalue weighted by Gasteiger charge is 2.38. The Morgan fingerprint density at radius 2 is 1.76 bits per heavy atom. The number of aromatic nitrogens is 4. The molecule has 3 aromatic rings. The summed E-state index contributed by atoms with van der Waals surface area (Å²) >= 11 is 0. The van der Waals surface area contributed by atoms with Crippen molar-refractivity contribution in [3.8, 4) is 35.8 Å². The fourth-order valence-electron chi connectivity index (χ4n) is 5.85. The molecule has 11 nitrogen and oxygen atoms in total. The van der Waals surface area contributed by atoms with Gasteiger partial charge in [-0.3, -0.25) is 0 Å². The van der Waals surface area contributed by atoms with Gasteiger partial charge in [0.1, 0.15) is 29.4 Å². The fraction of sp³-hybridized carbons (Fsp3) is 0.583. The molecule has 3 heterocycles. The van der Waals surface area contributed by atoms with E-state index >= 15 is 0 Å². The number of nitrogens with zero attached hydrogens (tertiary/aromatic N) is 5. The first-order chi connectivity index (χ1) is 23.8. The molecular weight excluding hydrogens is 672 g/mol. The summed E-state index contributed by atoms with van der Waals surface area (Å²) < 4.78 is 81.8. The predicted octanol–water partition coefficient (Wildman–Crippen LogP) is 6.95. The van der Waals surface area contributed by atoms with Crippen LogP contribution in [0.15, 0.2) is 28.8 Å². The molecule has 0 radical (unpaired) electrons. The van der Waals surface area contributed by atoms with Crippen LogP contribution in [0.2, 0.25) is 0 Å². The van der Waals surface area contributed by atoms with Crippen LogP contribution < -0.4 is 14.8 Å². The fourth-order valence-corrected chi connectivity index (χ4v) is 5.85. The van der Waals surface area contributed by atoms with E-state index in [4.69, 9.17) is 25.2 Å². The van der Waals surface area contributed by atoms with Crippen LogP contribution >= 0.6 is 0 Å². The summed E-state index contributed by atoms with van der Waals surface area (Å²) in [5.74, 6) is -2.81. The first-order valence-corrected chi connectivity index (χ1v) is 16.8. The van der Waals surface area contributed by atoms with Gasteiger partial charge >= 0.3 is 6.09 Å². The number of terminal acetylenes is 1. The third-order valence-electron chi connectivity index (χ3n) is 8.53. The average Bonchev–Trinajstić information content (AvgIpc) is 3.52. The number of benzene rings is 1. The lowest BCUT2D eigenvalue weighted by molar-refractivity contribution is -0.0324. The van der Waals surface area contributed by atoms with Crippen LogP contribution in [0.5, 0.6) is 11.8 Å². The molecule has 0 aliphatic carbocycles. The van der Waals surface area contributed by atoms with E-state index in [0.717, 1.165) is 12.1 Å². The number of alkyl halides is 2. The summed E-state index contributed by atoms with van der Waals surface area (Å²) in [6.45, 7) is 11.5. The number of nitrogens with one attached hydrogen (secondary N) is 1. The maximum atomic E-state index is 14.8. The van der Waals surface area contributed by atoms with Gasteiger partial charge < -0.3 is 29.0 Å². The molecule has 4 rings (SSSR count). The number of hydrogen-bond donors (Lipinski definition) is 1. The summed E-state index contributed by atoms with van der Waals surface area (Å²) in [6.07, 6.45) is 4.60. The third-order valence-corrected chi connectivity index (χ3v) is 8.53. The van der Waals surface area contributed by atoms with Crippen molar-refractivity contribution in [3.63, 3.8) is 0 Å². The van der Waals surface area contributed by atoms with Crippen LogP contribution in [0.25, 0.3) is 11.6 Å². The molecule has 1 fully saturated rings. The molecule has 1 amide bonds. The van der Waals surface area contributed by atoms with Gasteiger partial charge in [-0.1, -0.05) is 18.1 Å². The molecular formula is C36H46F4N6O5. The summed E-state index contributed by atoms with van der Waals surface area (Å²) in [4.78, 5) is 27.8. The molecule has 4 atom stereocenters. The highest BCUT2D eigenvalue weighted by Crippen LogP contribution is 2.36. The van der Waals surface area contributed by atoms with E-state index in [9.17, 15) is 22.4 Å². The molecule has 1 aliphatic rings. The Hall–Kier alpha value is -4.45. The van der Waals surface area contributed by atoms with E-state index in [0.29, 0.717) is 19.4 Å². The Kier molecular flexibility index (Phi) is 12.2. The molecule has 1 aliphatic heterocycles. The van der Waals surface area contributed by atoms with Crippen molar-refractivity contribution in [2.75, 3.05) is 20.1 Å². The van der Waals surface area contributed by atoms with Gasteiger partial charge in [-0.2, -0.15) is 15.0 Å². The lowest BCUT2D eigenvalue weighted by Gasteiger charge is -2.39. The van der Waals surface area contributed by atoms with Gasteiger partial charge in [0.25, 0.3) is 5.92 Å². The van der Waals surface area contributed by atoms with Crippen LogP contribution in [0.4, 0.5) is 22.4 Å². The van der Waals surface area contributed by atoms with E-state index < -0.39 is 65.8 Å². The summed E-state index contributed by atoms with van der Waals surface area (Å²) in [5.41, 5.74) is -2.34. The molecule has 0 unspecified atom stereocenters. The lowest BCUT2D eigenvalue weighted by atomic mass is 9.83. The highest BCUT2D eigenvalue weighted by atomic mass is 19.3. The Morgan fingerprint density at radius 3 is 2.39 bits per heavy atom. The Labute approximate surface area is 295 Å². The van der Waals surface area contributed by atoms with E-state index in [1.165, 1.54) is 33.0 Å². The summed E-state index contributed by atoms with van der Waals surface area (Å²) in [7, 11) is 1.45. The second kappa shape index (κ2) is 15.8. The van der Waals surface area contributed by atoms with Crippen LogP contribution in [0.1, 0.15) is 85.6 Å². The maximum Gasteiger partial charge on any atom is 0.410 e. The monoisotopic (exact) mass is 718 g/mol. The second-order valence-electron chi connectivity index (χ2n) is 14.4. The van der Waals surface area contributed by atoms with Crippen LogP contribution in [-0.4, -0.2) is 81.0 Å². The van der Waals surface area contributed by atoms with Gasteiger partial charge in [0.2, 0.25) is 29.3 Å². The first kappa shape index (κ1) is 39.3. The summed E-state index contributed by atoms with van der Waals surface area (Å²) in [5, 5.41) is 6.49. The molecule has 0 spiro atoms. The largest absolute Gasteiger partial charge is 0.474 e. The number of hydrogen-bond acceptors (Lipinski definition) is 10. The first-order valence-electron chi connectivity index (χ1n) is 16.8. The number of amides is 1. The molecule has 51 heavy (non-hydrogen) atoms. The van der Waals surface area contributed by atoms with Crippen molar-refractivity contribution >= 4 is 6.09 Å². The zero-order valence-electron chi connectivity index (χ0n) is 30.2. The van der Waals surface area contributed by atoms with Crippen molar-refractivity contribution in [1.29, 1.82) is 0 Å². The molecule has 0 saturated carbocycles. The zero-order valence-corrected chi connectivity index (χ0v) is 30.2. The lowest BCUT2D eigenvalue weighted by Crippen LogP contribution is -2.50. The average molecular weight is 719 g/mol. The molecule has 278 valence electrons. The normalized spacial score (nSPS) is 18.1. The van der Waals surface area contributed by atoms with Crippen molar-refractivity contribution in [2.24, 2.45) is 5.92 Å². The molecule has 15 heteroatoms. The SMILES string of the molecule is C#CC[C@@H]1C[C@@H](Oc2cc(O[C@@H](C)[C@@H](C)CC(F)(F)CNC)nc(-c3noc(C(C)(C)c4c(F)cccc4F)n3)n2)CCN1C(=O)OC(C)(C)C. The van der Waals surface area contributed by atoms with E-state index in [1.54, 1.807) is 39.5 Å². The van der Waals surface area contributed by atoms with E-state index in [-0.39, 0.29) is 47.3 Å². The van der Waals surface area contributed by atoms with Gasteiger partial charge in [-0.15, -0.1) is 12.3 Å². The number of rotatable bonds is 13. The number of ether oxygens (including phenoxy) is 3. The Bertz CT molecular complexity index is 1690. The molecule has 2 aromatic heterocycles. The van der Waals surface area contributed by atoms with Gasteiger partial charge in [-0.25, -0.2) is 22.4 Å². The van der Waals surface area contributed by atoms with Gasteiger partial charge in [0, 0.05) is 43.8 Å². The van der Waals surface area contributed by atoms with E-state index in [2.05, 4.69) is 31.3 Å². The minimum Gasteiger partial charge on any atom is -0.474 e. The summed E-state index contributed by atoms with van der Waals surface area (Å²) in [6, 6.07) is 4.57. The topological polar surface area (TPSA) is 125 Å². The maximum absolute atomic E-state index is 14.8. The Balaban J connectivity index is 1.65. The molecule has 1 aromatic carbocycles. The van der Waals surface area contributed by atoms with Gasteiger partial charge in [0.15, 0.2) is 0 Å². The van der Waals surface area contributed by atoms with Crippen LogP contribution in [0.3, 0.4) is 0 Å². The standard InChI is InChI=1S/C36H46F4N6O5/c1-10-12-23-17-24(15-16-46(23)33(47)50-34(4,5)6)49-28-18-27(48-22(3)21(2)19-36(39,40)20-41-9)42-30(43-28)31-44-32(51-45-31)35(7,8)29-25(37)13-11-14-26(29)38/h1,11,13-14,18,21-24,41H,12,15-17,19-20H2,2-9H3/t21-,22-,23+,24-/m0/s1. The van der Waals surface area contributed by atoms with Gasteiger partial charge in [0.05, 0.1) is 18.0 Å². The van der Waals surface area contributed by atoms with E-state index in [1.807, 2.05) is 0 Å². The molecule has 1 saturated heterocycles. The van der Waals surface area contributed by atoms with Crippen molar-refractivity contribution in [2.45, 2.75) is 109 Å². The van der Waals surface area contributed by atoms with Crippen molar-refractivity contribution < 1.29 is 41.1 Å². The van der Waals surface area contributed by atoms with Crippen LogP contribution in [0, 0.1) is 29.9 Å². The van der Waals surface area contributed by atoms with Crippen LogP contribution in [-0.2, 0) is 10.2 Å². The molecule has 1 N–H and O–H groups in total. The highest BCUT2D eigenvalue weighted by molar-refractivity contribution is 5.68. The quantitative estimate of drug-likeness (QED) is 0.147. The smallest absolute Gasteiger partial charge is 0.410 e. The number of carbonyl (C=O) groups is 1. The number of piperidine rings is 1. The minimum absolute atomic E-state index is 0.0107. The number of likely N-dealkylation sites (tertiary alicyclic amines) is 1. The molecule has 0 bridgehead atoms. The Morgan fingerprint density at radius 1 is 1.10 bits per heavy atom. The van der Waals surface area contributed by atoms with Crippen molar-refractivity contribution in [1.82, 2.24) is 30.3 Å². The second-order valence-corrected chi connectivity index (χ2v) is 14.4. The zero-order chi connectivity index (χ0) is 37.7.